The van der Waals surface area contributed by atoms with Crippen molar-refractivity contribution in [2.24, 2.45) is 22.2 Å². The van der Waals surface area contributed by atoms with Gasteiger partial charge in [0.05, 0.1) is 25.6 Å². The summed E-state index contributed by atoms with van der Waals surface area (Å²) in [6, 6.07) is -4.72. The van der Waals surface area contributed by atoms with Crippen molar-refractivity contribution in [2.45, 2.75) is 80.8 Å². The molecule has 2 saturated heterocycles. The zero-order valence-corrected chi connectivity index (χ0v) is 34.4. The van der Waals surface area contributed by atoms with Crippen molar-refractivity contribution in [1.82, 2.24) is 36.8 Å². The third kappa shape index (κ3) is 16.3. The van der Waals surface area contributed by atoms with Crippen LogP contribution in [0.25, 0.3) is 0 Å². The number of fused-ring (bicyclic) bond motifs is 1. The van der Waals surface area contributed by atoms with Crippen LogP contribution in [0, 0.1) is 0 Å². The molecule has 24 nitrogen and oxygen atoms in total. The molecule has 0 spiro atoms. The lowest BCUT2D eigenvalue weighted by atomic mass is 10.1. The smallest absolute Gasteiger partial charge is 0.326 e. The molecule has 0 aliphatic carbocycles. The van der Waals surface area contributed by atoms with Gasteiger partial charge in [-0.25, -0.2) is 4.79 Å². The minimum Gasteiger partial charge on any atom is -0.508 e. The molecule has 7 amide bonds. The summed E-state index contributed by atoms with van der Waals surface area (Å²) in [5, 5.41) is 53.5. The van der Waals surface area contributed by atoms with Crippen LogP contribution in [0.15, 0.2) is 29.3 Å². The van der Waals surface area contributed by atoms with Gasteiger partial charge in [-0.2, -0.15) is 0 Å². The minimum atomic E-state index is -1.85. The minimum absolute atomic E-state index is 0.0212. The normalized spacial score (nSPS) is 24.4. The predicted octanol–water partition coefficient (Wildman–Crippen LogP) is -5.21. The molecule has 26 heteroatoms. The van der Waals surface area contributed by atoms with E-state index in [1.807, 2.05) is 0 Å². The molecule has 2 fully saturated rings. The molecule has 1 aromatic carbocycles. The molecule has 0 aromatic heterocycles. The molecule has 1 aromatic rings. The second-order valence-corrected chi connectivity index (χ2v) is 16.4. The Balaban J connectivity index is 1.92. The number of benzene rings is 1. The van der Waals surface area contributed by atoms with Crippen molar-refractivity contribution >= 4 is 80.8 Å². The number of hydrogen-bond acceptors (Lipinski definition) is 15. The molecule has 2 heterocycles. The van der Waals surface area contributed by atoms with E-state index in [0.29, 0.717) is 5.56 Å². The maximum Gasteiger partial charge on any atom is 0.326 e. The molecule has 7 atom stereocenters. The Labute approximate surface area is 356 Å². The Morgan fingerprint density at radius 2 is 1.54 bits per heavy atom. The highest BCUT2D eigenvalue weighted by atomic mass is 33.1. The first kappa shape index (κ1) is 49.5. The summed E-state index contributed by atoms with van der Waals surface area (Å²) in [4.78, 5) is 123. The molecule has 2 aliphatic rings. The quantitative estimate of drug-likeness (QED) is 0.0403. The number of amides is 7. The number of phenolic OH excluding ortho intramolecular Hbond substituents is 1. The van der Waals surface area contributed by atoms with Gasteiger partial charge in [-0.15, -0.1) is 0 Å². The second-order valence-electron chi connectivity index (χ2n) is 13.9. The van der Waals surface area contributed by atoms with Gasteiger partial charge in [0.15, 0.2) is 5.96 Å². The third-order valence-corrected chi connectivity index (χ3v) is 11.6. The number of carbonyl (C=O) groups excluding carboxylic acids is 7. The van der Waals surface area contributed by atoms with Crippen molar-refractivity contribution in [3.8, 4) is 5.75 Å². The van der Waals surface area contributed by atoms with E-state index in [-0.39, 0.29) is 68.4 Å². The standard InChI is InChI=1S/C35H51N11O13S2/c36-19-15-60-61-16-24(31(55)43-22(34(58)59)11-17-5-7-18(48)8-6-17)45-32(56)25-4-2-10-46(25)33(57)23(14-47)44-30(54)21(12-27(50)51)42-29(53)20(3-1-9-39-35(37)38)41-26(49)13-40-28(19)52/h5-8,19-25,47-48H,1-4,9-16,36H2,(H,40,52)(H,41,49)(H,42,53)(H,43,55)(H,44,54)(H,45,56)(H,50,51)(H,58,59)(H4,37,38,39)/t19-,20-,21-,22-,23-,24-,25-/m0/s1. The lowest BCUT2D eigenvalue weighted by molar-refractivity contribution is -0.144. The highest BCUT2D eigenvalue weighted by Crippen LogP contribution is 2.24. The topological polar surface area (TPSA) is 400 Å². The number of aliphatic hydroxyl groups excluding tert-OH is 1. The molecular formula is C35H51N11O13S2. The molecule has 0 bridgehead atoms. The molecule has 336 valence electrons. The van der Waals surface area contributed by atoms with E-state index in [9.17, 15) is 63.6 Å². The lowest BCUT2D eigenvalue weighted by Gasteiger charge is -2.30. The number of aromatic hydroxyl groups is 1. The molecular weight excluding hydrogens is 847 g/mol. The number of hydrogen-bond donors (Lipinski definition) is 13. The number of carboxylic acid groups (broad SMARTS) is 2. The van der Waals surface area contributed by atoms with Gasteiger partial charge in [0.1, 0.15) is 42.0 Å². The second kappa shape index (κ2) is 24.4. The summed E-state index contributed by atoms with van der Waals surface area (Å²) in [6.45, 7) is -1.69. The van der Waals surface area contributed by atoms with Gasteiger partial charge < -0.3 is 74.4 Å². The van der Waals surface area contributed by atoms with Crippen molar-refractivity contribution in [1.29, 1.82) is 0 Å². The van der Waals surface area contributed by atoms with Gasteiger partial charge in [0.25, 0.3) is 0 Å². The monoisotopic (exact) mass is 897 g/mol. The summed E-state index contributed by atoms with van der Waals surface area (Å²) in [5.41, 5.74) is 17.2. The number of phenols is 1. The van der Waals surface area contributed by atoms with Crippen molar-refractivity contribution < 1.29 is 63.6 Å². The molecule has 0 radical (unpaired) electrons. The Bertz CT molecular complexity index is 1800. The predicted molar refractivity (Wildman–Crippen MR) is 219 cm³/mol. The summed E-state index contributed by atoms with van der Waals surface area (Å²) in [7, 11) is 2.02. The number of rotatable bonds is 12. The maximum atomic E-state index is 13.8. The van der Waals surface area contributed by atoms with Crippen molar-refractivity contribution in [3.63, 3.8) is 0 Å². The first-order valence-corrected chi connectivity index (χ1v) is 21.4. The number of aliphatic imine (C=N–C) groups is 1. The molecule has 16 N–H and O–H groups in total. The summed E-state index contributed by atoms with van der Waals surface area (Å²) >= 11 is 0. The fraction of sp³-hybridized carbons (Fsp3) is 0.543. The Kier molecular flexibility index (Phi) is 19.8. The van der Waals surface area contributed by atoms with Crippen LogP contribution in [0.4, 0.5) is 0 Å². The number of aliphatic hydroxyl groups is 1. The SMILES string of the molecule is NC(N)=NCCC[C@@H]1NC(=O)CNC(=O)[C@@H](N)CSSC[C@@H](C(=O)N[C@@H](Cc2ccc(O)cc2)C(=O)O)NC(=O)[C@@H]2CCCN2C(=O)[C@H](CO)NC(=O)[C@H](CC(=O)O)NC1=O. The first-order valence-electron chi connectivity index (χ1n) is 18.9. The van der Waals surface area contributed by atoms with E-state index in [2.05, 4.69) is 36.9 Å². The number of carbonyl (C=O) groups is 9. The average molecular weight is 898 g/mol. The third-order valence-electron chi connectivity index (χ3n) is 9.19. The Morgan fingerprint density at radius 1 is 0.885 bits per heavy atom. The van der Waals surface area contributed by atoms with E-state index in [4.69, 9.17) is 17.2 Å². The van der Waals surface area contributed by atoms with Crippen LogP contribution in [-0.2, 0) is 49.6 Å². The van der Waals surface area contributed by atoms with Gasteiger partial charge >= 0.3 is 11.9 Å². The van der Waals surface area contributed by atoms with Crippen molar-refractivity contribution in [3.05, 3.63) is 29.8 Å². The number of aliphatic carboxylic acids is 2. The highest BCUT2D eigenvalue weighted by Gasteiger charge is 2.40. The summed E-state index contributed by atoms with van der Waals surface area (Å²) in [5.74, 6) is -10.1. The van der Waals surface area contributed by atoms with Crippen LogP contribution in [0.3, 0.4) is 0 Å². The van der Waals surface area contributed by atoms with E-state index >= 15 is 0 Å². The number of nitrogens with zero attached hydrogens (tertiary/aromatic N) is 2. The van der Waals surface area contributed by atoms with Crippen molar-refractivity contribution in [2.75, 3.05) is 37.7 Å². The van der Waals surface area contributed by atoms with E-state index in [0.717, 1.165) is 26.5 Å². The average Bonchev–Trinajstić information content (AvgIpc) is 3.70. The van der Waals surface area contributed by atoms with Crippen LogP contribution in [-0.4, -0.2) is 165 Å². The fourth-order valence-electron chi connectivity index (χ4n) is 6.04. The van der Waals surface area contributed by atoms with E-state index in [1.165, 1.54) is 24.3 Å². The van der Waals surface area contributed by atoms with Gasteiger partial charge in [-0.05, 0) is 43.4 Å². The lowest BCUT2D eigenvalue weighted by Crippen LogP contribution is -2.60. The summed E-state index contributed by atoms with van der Waals surface area (Å²) < 4.78 is 0. The molecule has 2 aliphatic heterocycles. The highest BCUT2D eigenvalue weighted by molar-refractivity contribution is 8.76. The van der Waals surface area contributed by atoms with Crippen LogP contribution in [0.1, 0.15) is 37.7 Å². The summed E-state index contributed by atoms with van der Waals surface area (Å²) in [6.07, 6.45) is -0.843. The largest absolute Gasteiger partial charge is 0.508 e. The molecule has 0 saturated carbocycles. The van der Waals surface area contributed by atoms with Gasteiger partial charge in [0.2, 0.25) is 41.4 Å². The van der Waals surface area contributed by atoms with Gasteiger partial charge in [-0.1, -0.05) is 33.7 Å². The number of guanidine groups is 1. The van der Waals surface area contributed by atoms with Gasteiger partial charge in [0, 0.05) is 31.0 Å². The first-order chi connectivity index (χ1) is 28.9. The van der Waals surface area contributed by atoms with Gasteiger partial charge in [-0.3, -0.25) is 43.3 Å². The molecule has 0 unspecified atom stereocenters. The molecule has 3 rings (SSSR count). The number of nitrogens with two attached hydrogens (primary N) is 3. The van der Waals surface area contributed by atoms with E-state index in [1.54, 1.807) is 0 Å². The number of carboxylic acids is 2. The van der Waals surface area contributed by atoms with E-state index < -0.39 is 115 Å². The van der Waals surface area contributed by atoms with Crippen LogP contribution >= 0.6 is 21.6 Å². The van der Waals surface area contributed by atoms with Crippen LogP contribution in [0.2, 0.25) is 0 Å². The van der Waals surface area contributed by atoms with Crippen LogP contribution in [0.5, 0.6) is 5.75 Å². The fourth-order valence-corrected chi connectivity index (χ4v) is 8.32. The maximum absolute atomic E-state index is 13.8. The molecule has 61 heavy (non-hydrogen) atoms. The Morgan fingerprint density at radius 3 is 2.18 bits per heavy atom. The number of nitrogens with one attached hydrogen (secondary N) is 6. The Hall–Kier alpha value is -5.86. The van der Waals surface area contributed by atoms with Crippen LogP contribution < -0.4 is 49.1 Å². The zero-order valence-electron chi connectivity index (χ0n) is 32.7. The zero-order chi connectivity index (χ0) is 45.2.